The van der Waals surface area contributed by atoms with Crippen molar-refractivity contribution in [3.63, 3.8) is 0 Å². The van der Waals surface area contributed by atoms with Crippen molar-refractivity contribution < 1.29 is 14.6 Å². The van der Waals surface area contributed by atoms with E-state index in [9.17, 15) is 4.79 Å². The topological polar surface area (TPSA) is 58.6 Å². The fourth-order valence-electron chi connectivity index (χ4n) is 3.89. The normalized spacial score (nSPS) is 30.9. The first-order valence-corrected chi connectivity index (χ1v) is 8.56. The number of rotatable bonds is 5. The van der Waals surface area contributed by atoms with Crippen LogP contribution >= 0.6 is 0 Å². The molecule has 1 aliphatic carbocycles. The molecule has 1 saturated heterocycles. The second-order valence-electron chi connectivity index (χ2n) is 7.80. The summed E-state index contributed by atoms with van der Waals surface area (Å²) in [6.07, 6.45) is 3.27. The summed E-state index contributed by atoms with van der Waals surface area (Å²) >= 11 is 0. The Balaban J connectivity index is 1.54. The van der Waals surface area contributed by atoms with Crippen molar-refractivity contribution in [2.75, 3.05) is 13.2 Å². The number of carbonyl (C=O) groups is 1. The summed E-state index contributed by atoms with van der Waals surface area (Å²) in [7, 11) is 0. The summed E-state index contributed by atoms with van der Waals surface area (Å²) < 4.78 is 5.93. The van der Waals surface area contributed by atoms with E-state index in [1.807, 2.05) is 6.07 Å². The van der Waals surface area contributed by atoms with Crippen LogP contribution in [-0.4, -0.2) is 35.9 Å². The van der Waals surface area contributed by atoms with E-state index in [-0.39, 0.29) is 16.9 Å². The van der Waals surface area contributed by atoms with Crippen molar-refractivity contribution in [1.29, 1.82) is 0 Å². The number of carboxylic acids is 1. The molecule has 1 aromatic rings. The van der Waals surface area contributed by atoms with E-state index in [0.717, 1.165) is 26.0 Å². The minimum absolute atomic E-state index is 0.0793. The molecule has 1 unspecified atom stereocenters. The summed E-state index contributed by atoms with van der Waals surface area (Å²) in [5.41, 5.74) is 1.23. The first-order chi connectivity index (χ1) is 10.9. The summed E-state index contributed by atoms with van der Waals surface area (Å²) in [4.78, 5) is 11.0. The van der Waals surface area contributed by atoms with Crippen LogP contribution in [0.15, 0.2) is 30.3 Å². The van der Waals surface area contributed by atoms with Gasteiger partial charge in [0.25, 0.3) is 0 Å². The fraction of sp³-hybridized carbons (Fsp3) is 0.632. The average molecular weight is 317 g/mol. The molecule has 3 rings (SSSR count). The van der Waals surface area contributed by atoms with E-state index < -0.39 is 5.97 Å². The lowest BCUT2D eigenvalue weighted by Crippen LogP contribution is -2.56. The maximum absolute atomic E-state index is 11.0. The number of aliphatic carboxylic acids is 1. The smallest absolute Gasteiger partial charge is 0.306 e. The van der Waals surface area contributed by atoms with E-state index in [1.54, 1.807) is 0 Å². The van der Waals surface area contributed by atoms with E-state index in [4.69, 9.17) is 9.84 Å². The summed E-state index contributed by atoms with van der Waals surface area (Å²) in [5, 5.41) is 12.8. The number of ether oxygens (including phenoxy) is 1. The second kappa shape index (κ2) is 6.25. The van der Waals surface area contributed by atoms with Crippen LogP contribution in [0.3, 0.4) is 0 Å². The van der Waals surface area contributed by atoms with Gasteiger partial charge in [0.15, 0.2) is 0 Å². The van der Waals surface area contributed by atoms with Gasteiger partial charge in [0.05, 0.1) is 11.5 Å². The molecule has 1 heterocycles. The number of carboxylic acid groups (broad SMARTS) is 1. The Hall–Kier alpha value is -1.39. The minimum Gasteiger partial charge on any atom is -0.481 e. The van der Waals surface area contributed by atoms with Gasteiger partial charge in [-0.05, 0) is 31.2 Å². The molecule has 0 amide bonds. The van der Waals surface area contributed by atoms with Gasteiger partial charge in [-0.2, -0.15) is 0 Å². The lowest BCUT2D eigenvalue weighted by molar-refractivity contribution is -0.181. The van der Waals surface area contributed by atoms with Gasteiger partial charge in [-0.3, -0.25) is 4.79 Å². The third-order valence-corrected chi connectivity index (χ3v) is 5.47. The molecule has 1 atom stereocenters. The van der Waals surface area contributed by atoms with Crippen LogP contribution in [0.25, 0.3) is 0 Å². The molecule has 0 aromatic heterocycles. The van der Waals surface area contributed by atoms with Crippen molar-refractivity contribution in [2.45, 2.75) is 56.6 Å². The highest BCUT2D eigenvalue weighted by molar-refractivity contribution is 5.71. The third-order valence-electron chi connectivity index (χ3n) is 5.47. The molecule has 1 saturated carbocycles. The van der Waals surface area contributed by atoms with Crippen LogP contribution in [0.2, 0.25) is 0 Å². The Morgan fingerprint density at radius 3 is 2.65 bits per heavy atom. The summed E-state index contributed by atoms with van der Waals surface area (Å²) in [5.74, 6) is -0.894. The molecule has 2 N–H and O–H groups in total. The van der Waals surface area contributed by atoms with Gasteiger partial charge in [-0.15, -0.1) is 0 Å². The SMILES string of the molecule is CC(C)(CNC1CCOC2(C1)CC(C(=O)O)C2)c1ccccc1. The monoisotopic (exact) mass is 317 g/mol. The van der Waals surface area contributed by atoms with Crippen molar-refractivity contribution in [3.05, 3.63) is 35.9 Å². The molecule has 0 radical (unpaired) electrons. The second-order valence-corrected chi connectivity index (χ2v) is 7.80. The molecule has 2 aliphatic rings. The molecule has 2 fully saturated rings. The van der Waals surface area contributed by atoms with Crippen LogP contribution in [-0.2, 0) is 14.9 Å². The number of hydrogen-bond acceptors (Lipinski definition) is 3. The number of hydrogen-bond donors (Lipinski definition) is 2. The zero-order chi connectivity index (χ0) is 16.5. The Morgan fingerprint density at radius 2 is 2.00 bits per heavy atom. The first-order valence-electron chi connectivity index (χ1n) is 8.56. The molecule has 0 bridgehead atoms. The molecular formula is C19H27NO3. The lowest BCUT2D eigenvalue weighted by atomic mass is 9.66. The zero-order valence-corrected chi connectivity index (χ0v) is 14.0. The molecule has 1 aromatic carbocycles. The quantitative estimate of drug-likeness (QED) is 0.876. The predicted octanol–water partition coefficient (Wildman–Crippen LogP) is 2.97. The highest BCUT2D eigenvalue weighted by Crippen LogP contribution is 2.46. The molecule has 4 nitrogen and oxygen atoms in total. The standard InChI is InChI=1S/C19H27NO3/c1-18(2,15-6-4-3-5-7-15)13-20-16-8-9-23-19(12-16)10-14(11-19)17(21)22/h3-7,14,16,20H,8-13H2,1-2H3,(H,21,22). The predicted molar refractivity (Wildman–Crippen MR) is 89.5 cm³/mol. The van der Waals surface area contributed by atoms with E-state index in [1.165, 1.54) is 5.56 Å². The van der Waals surface area contributed by atoms with Gasteiger partial charge in [0, 0.05) is 24.6 Å². The zero-order valence-electron chi connectivity index (χ0n) is 14.0. The van der Waals surface area contributed by atoms with Gasteiger partial charge in [-0.25, -0.2) is 0 Å². The van der Waals surface area contributed by atoms with Crippen LogP contribution in [0.4, 0.5) is 0 Å². The lowest BCUT2D eigenvalue weighted by Gasteiger charge is -2.50. The van der Waals surface area contributed by atoms with E-state index >= 15 is 0 Å². The number of nitrogens with one attached hydrogen (secondary N) is 1. The fourth-order valence-corrected chi connectivity index (χ4v) is 3.89. The average Bonchev–Trinajstić information content (AvgIpc) is 2.51. The van der Waals surface area contributed by atoms with Gasteiger partial charge >= 0.3 is 5.97 Å². The molecule has 4 heteroatoms. The maximum Gasteiger partial charge on any atom is 0.306 e. The molecule has 1 aliphatic heterocycles. The van der Waals surface area contributed by atoms with Crippen LogP contribution in [0.1, 0.15) is 45.1 Å². The largest absolute Gasteiger partial charge is 0.481 e. The first kappa shape index (κ1) is 16.5. The van der Waals surface area contributed by atoms with Gasteiger partial charge in [0.2, 0.25) is 0 Å². The number of benzene rings is 1. The molecular weight excluding hydrogens is 290 g/mol. The van der Waals surface area contributed by atoms with Gasteiger partial charge in [-0.1, -0.05) is 44.2 Å². The molecule has 23 heavy (non-hydrogen) atoms. The van der Waals surface area contributed by atoms with Crippen molar-refractivity contribution in [2.24, 2.45) is 5.92 Å². The molecule has 126 valence electrons. The Kier molecular flexibility index (Phi) is 4.47. The third kappa shape index (κ3) is 3.59. The van der Waals surface area contributed by atoms with Crippen molar-refractivity contribution in [3.8, 4) is 0 Å². The Labute approximate surface area is 138 Å². The Morgan fingerprint density at radius 1 is 1.30 bits per heavy atom. The highest BCUT2D eigenvalue weighted by atomic mass is 16.5. The highest BCUT2D eigenvalue weighted by Gasteiger charge is 2.51. The van der Waals surface area contributed by atoms with Gasteiger partial charge < -0.3 is 15.2 Å². The Bertz CT molecular complexity index is 549. The van der Waals surface area contributed by atoms with Crippen LogP contribution < -0.4 is 5.32 Å². The maximum atomic E-state index is 11.0. The van der Waals surface area contributed by atoms with Crippen molar-refractivity contribution >= 4 is 5.97 Å². The molecule has 1 spiro atoms. The van der Waals surface area contributed by atoms with Crippen molar-refractivity contribution in [1.82, 2.24) is 5.32 Å². The van der Waals surface area contributed by atoms with E-state index in [0.29, 0.717) is 18.9 Å². The van der Waals surface area contributed by atoms with E-state index in [2.05, 4.69) is 43.4 Å². The summed E-state index contributed by atoms with van der Waals surface area (Å²) in [6, 6.07) is 11.0. The van der Waals surface area contributed by atoms with Gasteiger partial charge in [0.1, 0.15) is 0 Å². The van der Waals surface area contributed by atoms with Crippen LogP contribution in [0.5, 0.6) is 0 Å². The summed E-state index contributed by atoms with van der Waals surface area (Å²) in [6.45, 7) is 6.17. The minimum atomic E-state index is -0.681. The van der Waals surface area contributed by atoms with Crippen LogP contribution in [0, 0.1) is 5.92 Å².